The zero-order valence-corrected chi connectivity index (χ0v) is 18.1. The molecule has 0 aliphatic carbocycles. The van der Waals surface area contributed by atoms with Gasteiger partial charge in [-0.2, -0.15) is 13.4 Å². The number of nitrogens with zero attached hydrogens (tertiary/aromatic N) is 3. The third-order valence-corrected chi connectivity index (χ3v) is 6.54. The van der Waals surface area contributed by atoms with E-state index >= 15 is 0 Å². The van der Waals surface area contributed by atoms with Crippen LogP contribution in [0.5, 0.6) is 5.75 Å². The van der Waals surface area contributed by atoms with Gasteiger partial charge in [0.1, 0.15) is 5.75 Å². The highest BCUT2D eigenvalue weighted by molar-refractivity contribution is 7.90. The molecule has 0 unspecified atom stereocenters. The molecule has 3 aromatic carbocycles. The molecule has 4 rings (SSSR count). The topological polar surface area (TPSA) is 86.1 Å². The molecule has 0 aliphatic rings. The average Bonchev–Trinajstić information content (AvgIpc) is 3.24. The first-order valence-corrected chi connectivity index (χ1v) is 11.2. The van der Waals surface area contributed by atoms with Crippen LogP contribution >= 0.6 is 11.6 Å². The van der Waals surface area contributed by atoms with Crippen LogP contribution in [0.1, 0.15) is 5.56 Å². The lowest BCUT2D eigenvalue weighted by atomic mass is 10.2. The van der Waals surface area contributed by atoms with Gasteiger partial charge < -0.3 is 10.1 Å². The number of hydrogen-bond donors (Lipinski definition) is 1. The third-order valence-electron chi connectivity index (χ3n) is 4.59. The molecule has 0 radical (unpaired) electrons. The Hall–Kier alpha value is -3.36. The Morgan fingerprint density at radius 1 is 0.968 bits per heavy atom. The predicted molar refractivity (Wildman–Crippen MR) is 120 cm³/mol. The highest BCUT2D eigenvalue weighted by atomic mass is 35.5. The van der Waals surface area contributed by atoms with Crippen molar-refractivity contribution in [3.05, 3.63) is 89.4 Å². The Bertz CT molecular complexity index is 1290. The molecule has 31 heavy (non-hydrogen) atoms. The molecule has 1 N–H and O–H groups in total. The van der Waals surface area contributed by atoms with E-state index in [1.807, 2.05) is 18.2 Å². The lowest BCUT2D eigenvalue weighted by Crippen LogP contribution is -2.18. The van der Waals surface area contributed by atoms with E-state index in [1.54, 1.807) is 55.6 Å². The van der Waals surface area contributed by atoms with Crippen LogP contribution in [0.25, 0.3) is 11.4 Å². The fourth-order valence-electron chi connectivity index (χ4n) is 2.94. The molecule has 0 saturated carbocycles. The van der Waals surface area contributed by atoms with Crippen LogP contribution < -0.4 is 10.1 Å². The highest BCUT2D eigenvalue weighted by Gasteiger charge is 2.24. The lowest BCUT2D eigenvalue weighted by Gasteiger charge is -2.09. The van der Waals surface area contributed by atoms with Crippen LogP contribution in [0.3, 0.4) is 0 Å². The Morgan fingerprint density at radius 3 is 2.32 bits per heavy atom. The van der Waals surface area contributed by atoms with E-state index in [1.165, 1.54) is 12.1 Å². The zero-order valence-electron chi connectivity index (χ0n) is 16.6. The van der Waals surface area contributed by atoms with Crippen molar-refractivity contribution in [1.82, 2.24) is 14.2 Å². The van der Waals surface area contributed by atoms with E-state index in [0.717, 1.165) is 9.65 Å². The number of rotatable bonds is 7. The minimum Gasteiger partial charge on any atom is -0.497 e. The molecule has 0 saturated heterocycles. The number of nitrogens with one attached hydrogen (secondary N) is 1. The smallest absolute Gasteiger partial charge is 0.286 e. The molecule has 1 heterocycles. The quantitative estimate of drug-likeness (QED) is 0.443. The number of hydrogen-bond acceptors (Lipinski definition) is 6. The molecular formula is C22H19ClN4O3S. The second kappa shape index (κ2) is 8.79. The summed E-state index contributed by atoms with van der Waals surface area (Å²) >= 11 is 6.23. The van der Waals surface area contributed by atoms with E-state index in [0.29, 0.717) is 16.3 Å². The fourth-order valence-corrected chi connectivity index (χ4v) is 4.37. The summed E-state index contributed by atoms with van der Waals surface area (Å²) in [4.78, 5) is 4.56. The van der Waals surface area contributed by atoms with Crippen LogP contribution in [0, 0.1) is 0 Å². The van der Waals surface area contributed by atoms with Crippen molar-refractivity contribution in [2.45, 2.75) is 11.4 Å². The van der Waals surface area contributed by atoms with Crippen molar-refractivity contribution in [2.75, 3.05) is 12.4 Å². The number of aromatic nitrogens is 3. The van der Waals surface area contributed by atoms with E-state index in [4.69, 9.17) is 16.3 Å². The van der Waals surface area contributed by atoms with Gasteiger partial charge in [-0.25, -0.2) is 0 Å². The summed E-state index contributed by atoms with van der Waals surface area (Å²) in [6.07, 6.45) is 0. The molecule has 0 bridgehead atoms. The van der Waals surface area contributed by atoms with Crippen LogP contribution in [0.2, 0.25) is 5.02 Å². The van der Waals surface area contributed by atoms with Gasteiger partial charge in [-0.1, -0.05) is 48.0 Å². The summed E-state index contributed by atoms with van der Waals surface area (Å²) in [6.45, 7) is 0.282. The number of anilines is 1. The van der Waals surface area contributed by atoms with Crippen molar-refractivity contribution in [1.29, 1.82) is 0 Å². The average molecular weight is 455 g/mol. The van der Waals surface area contributed by atoms with Crippen molar-refractivity contribution < 1.29 is 13.2 Å². The van der Waals surface area contributed by atoms with Crippen molar-refractivity contribution >= 4 is 27.6 Å². The Morgan fingerprint density at radius 2 is 1.65 bits per heavy atom. The second-order valence-electron chi connectivity index (χ2n) is 6.59. The van der Waals surface area contributed by atoms with E-state index < -0.39 is 10.0 Å². The number of methoxy groups -OCH3 is 1. The first kappa shape index (κ1) is 20.9. The summed E-state index contributed by atoms with van der Waals surface area (Å²) in [5, 5.41) is 7.93. The maximum absolute atomic E-state index is 13.3. The standard InChI is InChI=1S/C22H19ClN4O3S/c1-30-18-13-11-16(12-14-18)21-25-22(24-15-17-7-5-6-10-20(17)23)27(26-21)31(28,29)19-8-3-2-4-9-19/h2-14H,15H2,1H3,(H,24,25,26). The summed E-state index contributed by atoms with van der Waals surface area (Å²) < 4.78 is 32.6. The summed E-state index contributed by atoms with van der Waals surface area (Å²) in [7, 11) is -2.39. The normalized spacial score (nSPS) is 11.3. The lowest BCUT2D eigenvalue weighted by molar-refractivity contribution is 0.415. The molecule has 0 atom stereocenters. The van der Waals surface area contributed by atoms with Gasteiger partial charge >= 0.3 is 0 Å². The second-order valence-corrected chi connectivity index (χ2v) is 8.77. The minimum atomic E-state index is -3.96. The Balaban J connectivity index is 1.75. The van der Waals surface area contributed by atoms with Crippen molar-refractivity contribution in [3.63, 3.8) is 0 Å². The van der Waals surface area contributed by atoms with Crippen LogP contribution in [0.15, 0.2) is 83.8 Å². The summed E-state index contributed by atoms with van der Waals surface area (Å²) in [5.74, 6) is 1.04. The third kappa shape index (κ3) is 4.40. The minimum absolute atomic E-state index is 0.0922. The molecule has 7 nitrogen and oxygen atoms in total. The zero-order chi connectivity index (χ0) is 21.8. The van der Waals surface area contributed by atoms with Gasteiger partial charge in [-0.05, 0) is 48.0 Å². The summed E-state index contributed by atoms with van der Waals surface area (Å²) in [6, 6.07) is 22.5. The highest BCUT2D eigenvalue weighted by Crippen LogP contribution is 2.25. The first-order chi connectivity index (χ1) is 15.0. The Labute approximate surface area is 185 Å². The maximum atomic E-state index is 13.3. The molecule has 9 heteroatoms. The van der Waals surface area contributed by atoms with Gasteiger partial charge in [-0.15, -0.1) is 9.19 Å². The van der Waals surface area contributed by atoms with Crippen LogP contribution in [-0.2, 0) is 16.6 Å². The van der Waals surface area contributed by atoms with Crippen molar-refractivity contribution in [3.8, 4) is 17.1 Å². The largest absolute Gasteiger partial charge is 0.497 e. The molecule has 158 valence electrons. The van der Waals surface area contributed by atoms with Gasteiger partial charge in [0.2, 0.25) is 5.95 Å². The van der Waals surface area contributed by atoms with Gasteiger partial charge in [0.05, 0.1) is 12.0 Å². The van der Waals surface area contributed by atoms with Gasteiger partial charge in [0.25, 0.3) is 10.0 Å². The van der Waals surface area contributed by atoms with Crippen molar-refractivity contribution in [2.24, 2.45) is 0 Å². The number of benzene rings is 3. The van der Waals surface area contributed by atoms with Gasteiger partial charge in [0, 0.05) is 17.1 Å². The molecule has 0 aliphatic heterocycles. The monoisotopic (exact) mass is 454 g/mol. The molecular weight excluding hydrogens is 436 g/mol. The van der Waals surface area contributed by atoms with E-state index in [9.17, 15) is 8.42 Å². The number of halogens is 1. The SMILES string of the molecule is COc1ccc(-c2nc(NCc3ccccc3Cl)n(S(=O)(=O)c3ccccc3)n2)cc1. The fraction of sp³-hybridized carbons (Fsp3) is 0.0909. The molecule has 0 amide bonds. The molecule has 0 fully saturated rings. The van der Waals surface area contributed by atoms with Crippen LogP contribution in [-0.4, -0.2) is 29.7 Å². The summed E-state index contributed by atoms with van der Waals surface area (Å²) in [5.41, 5.74) is 1.46. The molecule has 4 aromatic rings. The van der Waals surface area contributed by atoms with Gasteiger partial charge in [0.15, 0.2) is 5.82 Å². The first-order valence-electron chi connectivity index (χ1n) is 9.38. The maximum Gasteiger partial charge on any atom is 0.286 e. The number of ether oxygens (including phenoxy) is 1. The van der Waals surface area contributed by atoms with Crippen LogP contribution in [0.4, 0.5) is 5.95 Å². The van der Waals surface area contributed by atoms with E-state index in [2.05, 4.69) is 15.4 Å². The molecule has 0 spiro atoms. The van der Waals surface area contributed by atoms with E-state index in [-0.39, 0.29) is 23.2 Å². The predicted octanol–water partition coefficient (Wildman–Crippen LogP) is 4.46. The van der Waals surface area contributed by atoms with Gasteiger partial charge in [-0.3, -0.25) is 0 Å². The Kier molecular flexibility index (Phi) is 5.92. The molecule has 1 aromatic heterocycles.